The van der Waals surface area contributed by atoms with Gasteiger partial charge in [0.2, 0.25) is 0 Å². The van der Waals surface area contributed by atoms with Gasteiger partial charge >= 0.3 is 0 Å². The summed E-state index contributed by atoms with van der Waals surface area (Å²) in [5.74, 6) is 0.0999. The van der Waals surface area contributed by atoms with Gasteiger partial charge in [-0.05, 0) is 54.5 Å². The van der Waals surface area contributed by atoms with Crippen molar-refractivity contribution in [2.45, 2.75) is 53.4 Å². The molecule has 5 rings (SSSR count). The van der Waals surface area contributed by atoms with Crippen LogP contribution < -0.4 is 10.9 Å². The van der Waals surface area contributed by atoms with Crippen LogP contribution in [0.5, 0.6) is 0 Å². The third-order valence-electron chi connectivity index (χ3n) is 7.77. The molecule has 1 fully saturated rings. The molecule has 226 valence electrons. The summed E-state index contributed by atoms with van der Waals surface area (Å²) < 4.78 is 27.9. The molecule has 0 radical (unpaired) electrons. The summed E-state index contributed by atoms with van der Waals surface area (Å²) in [6.45, 7) is 10.9. The topological polar surface area (TPSA) is 80.1 Å². The van der Waals surface area contributed by atoms with Crippen LogP contribution in [0.2, 0.25) is 0 Å². The first-order chi connectivity index (χ1) is 20.7. The summed E-state index contributed by atoms with van der Waals surface area (Å²) in [4.78, 5) is 39.3. The van der Waals surface area contributed by atoms with E-state index in [0.29, 0.717) is 65.7 Å². The van der Waals surface area contributed by atoms with Crippen molar-refractivity contribution < 1.29 is 13.6 Å². The van der Waals surface area contributed by atoms with Crippen LogP contribution in [-0.2, 0) is 19.3 Å². The van der Waals surface area contributed by atoms with E-state index in [1.807, 2.05) is 23.1 Å². The summed E-state index contributed by atoms with van der Waals surface area (Å²) in [5.41, 5.74) is 5.05. The second-order valence-electron chi connectivity index (χ2n) is 11.1. The lowest BCUT2D eigenvalue weighted by Crippen LogP contribution is -2.47. The standard InChI is InChI=1S/C33H37F2N5O2S/c1-5-21-8-7-9-22(6-2)29(21)40-28(16-20(3)4)24(32(41)39-14-12-36-13-15-39)17-25(33(40)42)31-38-27(19-43-31)23-10-11-26(30(34)35)37-18-23/h7-11,17-20,30,36H,5-6,12-16H2,1-4H3. The first kappa shape index (κ1) is 30.7. The number of halogens is 2. The molecule has 0 spiro atoms. The summed E-state index contributed by atoms with van der Waals surface area (Å²) in [5, 5.41) is 5.55. The van der Waals surface area contributed by atoms with Gasteiger partial charge in [0.05, 0.1) is 22.5 Å². The number of rotatable bonds is 9. The molecule has 4 heterocycles. The fourth-order valence-electron chi connectivity index (χ4n) is 5.57. The van der Waals surface area contributed by atoms with Gasteiger partial charge in [0.1, 0.15) is 10.7 Å². The van der Waals surface area contributed by atoms with Crippen LogP contribution in [0.4, 0.5) is 8.78 Å². The van der Waals surface area contributed by atoms with Gasteiger partial charge in [-0.25, -0.2) is 13.8 Å². The highest BCUT2D eigenvalue weighted by molar-refractivity contribution is 7.13. The van der Waals surface area contributed by atoms with Crippen molar-refractivity contribution in [2.75, 3.05) is 26.2 Å². The highest BCUT2D eigenvalue weighted by atomic mass is 32.1. The van der Waals surface area contributed by atoms with Gasteiger partial charge in [-0.2, -0.15) is 0 Å². The number of pyridine rings is 2. The molecule has 1 aliphatic heterocycles. The number of hydrogen-bond acceptors (Lipinski definition) is 6. The molecule has 1 aliphatic rings. The first-order valence-corrected chi connectivity index (χ1v) is 15.7. The maximum absolute atomic E-state index is 14.6. The largest absolute Gasteiger partial charge is 0.336 e. The van der Waals surface area contributed by atoms with E-state index in [4.69, 9.17) is 4.98 Å². The highest BCUT2D eigenvalue weighted by Gasteiger charge is 2.28. The summed E-state index contributed by atoms with van der Waals surface area (Å²) in [6.07, 6.45) is 0.716. The van der Waals surface area contributed by atoms with Crippen molar-refractivity contribution in [3.05, 3.63) is 86.4 Å². The molecule has 1 amide bonds. The predicted molar refractivity (Wildman–Crippen MR) is 167 cm³/mol. The normalized spacial score (nSPS) is 13.7. The molecule has 1 aromatic carbocycles. The molecule has 10 heteroatoms. The number of piperazine rings is 1. The molecule has 0 unspecified atom stereocenters. The summed E-state index contributed by atoms with van der Waals surface area (Å²) >= 11 is 1.29. The van der Waals surface area contributed by atoms with Gasteiger partial charge in [-0.3, -0.25) is 19.1 Å². The summed E-state index contributed by atoms with van der Waals surface area (Å²) in [6, 6.07) is 10.7. The molecular formula is C33H37F2N5O2S. The SMILES string of the molecule is CCc1cccc(CC)c1-n1c(CC(C)C)c(C(=O)N2CCNCC2)cc(-c2nc(-c3ccc(C(F)F)nc3)cs2)c1=O. The molecule has 0 aliphatic carbocycles. The Balaban J connectivity index is 1.76. The number of carbonyl (C=O) groups is 1. The first-order valence-electron chi connectivity index (χ1n) is 14.8. The third-order valence-corrected chi connectivity index (χ3v) is 8.64. The van der Waals surface area contributed by atoms with E-state index in [-0.39, 0.29) is 23.1 Å². The number of alkyl halides is 2. The zero-order valence-corrected chi connectivity index (χ0v) is 25.8. The third kappa shape index (κ3) is 6.31. The molecule has 0 bridgehead atoms. The zero-order chi connectivity index (χ0) is 30.7. The second kappa shape index (κ2) is 13.3. The van der Waals surface area contributed by atoms with Gasteiger partial charge in [-0.15, -0.1) is 11.3 Å². The van der Waals surface area contributed by atoms with Crippen LogP contribution in [0, 0.1) is 5.92 Å². The maximum Gasteiger partial charge on any atom is 0.280 e. The van der Waals surface area contributed by atoms with E-state index in [2.05, 4.69) is 38.0 Å². The Labute approximate surface area is 254 Å². The molecule has 4 aromatic rings. The fraction of sp³-hybridized carbons (Fsp3) is 0.394. The van der Waals surface area contributed by atoms with Crippen molar-refractivity contribution in [3.8, 4) is 27.5 Å². The van der Waals surface area contributed by atoms with E-state index >= 15 is 0 Å². The van der Waals surface area contributed by atoms with E-state index in [1.165, 1.54) is 23.6 Å². The van der Waals surface area contributed by atoms with Crippen LogP contribution in [0.3, 0.4) is 0 Å². The molecule has 1 N–H and O–H groups in total. The lowest BCUT2D eigenvalue weighted by atomic mass is 9.97. The zero-order valence-electron chi connectivity index (χ0n) is 25.0. The minimum absolute atomic E-state index is 0.0947. The van der Waals surface area contributed by atoms with E-state index in [1.54, 1.807) is 22.1 Å². The predicted octanol–water partition coefficient (Wildman–Crippen LogP) is 6.33. The molecule has 0 atom stereocenters. The summed E-state index contributed by atoms with van der Waals surface area (Å²) in [7, 11) is 0. The number of hydrogen-bond donors (Lipinski definition) is 1. The van der Waals surface area contributed by atoms with Gasteiger partial charge in [0.25, 0.3) is 17.9 Å². The lowest BCUT2D eigenvalue weighted by molar-refractivity contribution is 0.0733. The van der Waals surface area contributed by atoms with Crippen LogP contribution >= 0.6 is 11.3 Å². The van der Waals surface area contributed by atoms with E-state index < -0.39 is 6.43 Å². The number of thiazole rings is 1. The molecule has 1 saturated heterocycles. The van der Waals surface area contributed by atoms with E-state index in [9.17, 15) is 18.4 Å². The molecule has 0 saturated carbocycles. The average molecular weight is 606 g/mol. The number of nitrogens with one attached hydrogen (secondary N) is 1. The number of carbonyl (C=O) groups excluding carboxylic acids is 1. The fourth-order valence-corrected chi connectivity index (χ4v) is 6.41. The van der Waals surface area contributed by atoms with E-state index in [0.717, 1.165) is 29.7 Å². The minimum Gasteiger partial charge on any atom is -0.336 e. The van der Waals surface area contributed by atoms with Crippen molar-refractivity contribution in [3.63, 3.8) is 0 Å². The smallest absolute Gasteiger partial charge is 0.280 e. The van der Waals surface area contributed by atoms with Gasteiger partial charge < -0.3 is 10.2 Å². The monoisotopic (exact) mass is 605 g/mol. The number of amides is 1. The molecule has 3 aromatic heterocycles. The average Bonchev–Trinajstić information content (AvgIpc) is 3.51. The molecular weight excluding hydrogens is 568 g/mol. The Morgan fingerprint density at radius 1 is 1.07 bits per heavy atom. The van der Waals surface area contributed by atoms with Crippen molar-refractivity contribution in [1.82, 2.24) is 24.8 Å². The van der Waals surface area contributed by atoms with Crippen LogP contribution in [0.15, 0.2) is 52.8 Å². The maximum atomic E-state index is 14.6. The Kier molecular flexibility index (Phi) is 9.46. The minimum atomic E-state index is -2.66. The van der Waals surface area contributed by atoms with Crippen LogP contribution in [-0.4, -0.2) is 51.5 Å². The quantitative estimate of drug-likeness (QED) is 0.241. The Morgan fingerprint density at radius 2 is 1.77 bits per heavy atom. The van der Waals surface area contributed by atoms with Crippen LogP contribution in [0.1, 0.15) is 67.0 Å². The Bertz CT molecular complexity index is 1630. The van der Waals surface area contributed by atoms with Crippen molar-refractivity contribution in [2.24, 2.45) is 5.92 Å². The van der Waals surface area contributed by atoms with Gasteiger partial charge in [0, 0.05) is 49.0 Å². The second-order valence-corrected chi connectivity index (χ2v) is 12.0. The number of nitrogens with zero attached hydrogens (tertiary/aromatic N) is 4. The lowest BCUT2D eigenvalue weighted by Gasteiger charge is -2.30. The number of benzene rings is 1. The van der Waals surface area contributed by atoms with Crippen LogP contribution in [0.25, 0.3) is 27.5 Å². The van der Waals surface area contributed by atoms with Crippen molar-refractivity contribution >= 4 is 17.2 Å². The Hall–Kier alpha value is -3.76. The van der Waals surface area contributed by atoms with Gasteiger partial charge in [-0.1, -0.05) is 45.9 Å². The number of para-hydroxylation sites is 1. The number of aryl methyl sites for hydroxylation is 2. The van der Waals surface area contributed by atoms with Crippen molar-refractivity contribution in [1.29, 1.82) is 0 Å². The van der Waals surface area contributed by atoms with Gasteiger partial charge in [0.15, 0.2) is 0 Å². The number of aromatic nitrogens is 3. The molecule has 43 heavy (non-hydrogen) atoms. The molecule has 7 nitrogen and oxygen atoms in total. The highest BCUT2D eigenvalue weighted by Crippen LogP contribution is 2.32. The Morgan fingerprint density at radius 3 is 2.35 bits per heavy atom.